The normalized spacial score (nSPS) is 28.0. The molecule has 4 atom stereocenters. The van der Waals surface area contributed by atoms with Gasteiger partial charge in [0.05, 0.1) is 57.7 Å². The predicted octanol–water partition coefficient (Wildman–Crippen LogP) is 1.75. The van der Waals surface area contributed by atoms with Crippen LogP contribution in [0.2, 0.25) is 37.3 Å². The Balaban J connectivity index is 1.79. The minimum absolute atomic E-state index is 0.0121. The van der Waals surface area contributed by atoms with Crippen LogP contribution in [0.5, 0.6) is 0 Å². The topological polar surface area (TPSA) is 98.8 Å². The fraction of sp³-hybridized carbons (Fsp3) is 1.00. The van der Waals surface area contributed by atoms with Gasteiger partial charge in [-0.2, -0.15) is 0 Å². The van der Waals surface area contributed by atoms with E-state index in [1.54, 1.807) is 42.7 Å². The van der Waals surface area contributed by atoms with Crippen LogP contribution >= 0.6 is 0 Å². The molecule has 274 valence electrons. The first-order chi connectivity index (χ1) is 22.2. The van der Waals surface area contributed by atoms with E-state index < -0.39 is 36.2 Å². The van der Waals surface area contributed by atoms with E-state index in [1.807, 2.05) is 0 Å². The Labute approximate surface area is 286 Å². The van der Waals surface area contributed by atoms with Gasteiger partial charge in [0.2, 0.25) is 0 Å². The van der Waals surface area contributed by atoms with Crippen LogP contribution in [0.1, 0.15) is 25.7 Å². The zero-order valence-corrected chi connectivity index (χ0v) is 35.3. The molecule has 0 aliphatic carbocycles. The van der Waals surface area contributed by atoms with E-state index >= 15 is 0 Å². The third-order valence-electron chi connectivity index (χ3n) is 9.19. The van der Waals surface area contributed by atoms with E-state index in [1.165, 1.54) is 12.1 Å². The fourth-order valence-electron chi connectivity index (χ4n) is 6.29. The summed E-state index contributed by atoms with van der Waals surface area (Å²) >= 11 is 0. The third kappa shape index (κ3) is 17.4. The highest BCUT2D eigenvalue weighted by molar-refractivity contribution is 6.66. The van der Waals surface area contributed by atoms with Gasteiger partial charge < -0.3 is 55.9 Å². The van der Waals surface area contributed by atoms with Gasteiger partial charge in [0.25, 0.3) is 0 Å². The van der Waals surface area contributed by atoms with Gasteiger partial charge in [0.15, 0.2) is 0 Å². The molecule has 12 nitrogen and oxygen atoms in total. The molecule has 0 bridgehead atoms. The van der Waals surface area contributed by atoms with E-state index in [-0.39, 0.29) is 24.0 Å². The van der Waals surface area contributed by atoms with Crippen molar-refractivity contribution in [3.63, 3.8) is 0 Å². The maximum absolute atomic E-state index is 6.61. The molecule has 2 aliphatic rings. The van der Waals surface area contributed by atoms with Crippen LogP contribution in [-0.2, 0) is 46.1 Å². The number of hydrogen-bond acceptors (Lipinski definition) is 12. The lowest BCUT2D eigenvalue weighted by atomic mass is 10.3. The Hall–Kier alpha value is 0.388. The van der Waals surface area contributed by atoms with Crippen LogP contribution in [0.4, 0.5) is 0 Å². The lowest BCUT2D eigenvalue weighted by Gasteiger charge is -2.37. The highest BCUT2D eigenvalue weighted by Gasteiger charge is 2.37. The summed E-state index contributed by atoms with van der Waals surface area (Å²) in [7, 11) is 5.29. The minimum atomic E-state index is -2.21. The maximum atomic E-state index is 6.61. The Morgan fingerprint density at radius 1 is 0.652 bits per heavy atom. The SMILES string of the molecule is COC(OC)[SiH2]CCCN1CCC[Si](C)(OC)OC(COCCOCC2CN(CCC[SiH2]C(OC)OC)CCC[Si](C)(OC)O2)C1. The number of ether oxygens (including phenoxy) is 6. The van der Waals surface area contributed by atoms with Crippen molar-refractivity contribution in [2.24, 2.45) is 0 Å². The molecule has 0 saturated carbocycles. The monoisotopic (exact) mass is 728 g/mol. The zero-order chi connectivity index (χ0) is 33.7. The van der Waals surface area contributed by atoms with Crippen LogP contribution in [0, 0.1) is 0 Å². The summed E-state index contributed by atoms with van der Waals surface area (Å²) in [5.74, 6) is 0.0257. The smallest absolute Gasteiger partial charge is 0.335 e. The molecule has 16 heteroatoms. The average molecular weight is 729 g/mol. The van der Waals surface area contributed by atoms with Crippen molar-refractivity contribution in [3.05, 3.63) is 0 Å². The first-order valence-corrected chi connectivity index (χ1v) is 26.1. The Morgan fingerprint density at radius 3 is 1.39 bits per heavy atom. The van der Waals surface area contributed by atoms with Crippen molar-refractivity contribution in [2.75, 3.05) is 108 Å². The summed E-state index contributed by atoms with van der Waals surface area (Å²) in [6.07, 6.45) is 4.49. The summed E-state index contributed by atoms with van der Waals surface area (Å²) < 4.78 is 58.9. The highest BCUT2D eigenvalue weighted by atomic mass is 28.4. The molecule has 0 aromatic carbocycles. The molecular weight excluding hydrogens is 661 g/mol. The number of methoxy groups -OCH3 is 4. The van der Waals surface area contributed by atoms with Crippen LogP contribution in [0.3, 0.4) is 0 Å². The van der Waals surface area contributed by atoms with Crippen molar-refractivity contribution in [1.82, 2.24) is 9.80 Å². The van der Waals surface area contributed by atoms with Gasteiger partial charge in [-0.3, -0.25) is 0 Å². The van der Waals surface area contributed by atoms with Crippen molar-refractivity contribution >= 4 is 36.2 Å². The molecule has 46 heavy (non-hydrogen) atoms. The van der Waals surface area contributed by atoms with Gasteiger partial charge in [-0.15, -0.1) is 0 Å². The van der Waals surface area contributed by atoms with Crippen LogP contribution < -0.4 is 0 Å². The molecule has 2 rings (SSSR count). The van der Waals surface area contributed by atoms with Crippen LogP contribution in [-0.4, -0.2) is 178 Å². The van der Waals surface area contributed by atoms with E-state index in [0.29, 0.717) is 26.4 Å². The van der Waals surface area contributed by atoms with Crippen molar-refractivity contribution < 1.29 is 46.1 Å². The number of rotatable bonds is 23. The van der Waals surface area contributed by atoms with E-state index in [4.69, 9.17) is 46.1 Å². The van der Waals surface area contributed by atoms with Crippen molar-refractivity contribution in [1.29, 1.82) is 0 Å². The molecule has 2 aliphatic heterocycles. The van der Waals surface area contributed by atoms with Crippen molar-refractivity contribution in [2.45, 2.75) is 87.0 Å². The first kappa shape index (κ1) is 42.6. The summed E-state index contributed by atoms with van der Waals surface area (Å²) in [6.45, 7) is 12.4. The molecule has 2 heterocycles. The fourth-order valence-corrected chi connectivity index (χ4v) is 13.1. The van der Waals surface area contributed by atoms with E-state index in [9.17, 15) is 0 Å². The summed E-state index contributed by atoms with van der Waals surface area (Å²) in [5.41, 5.74) is 0. The van der Waals surface area contributed by atoms with Gasteiger partial charge in [0.1, 0.15) is 11.8 Å². The second-order valence-corrected chi connectivity index (χ2v) is 23.6. The largest absolute Gasteiger partial charge is 0.398 e. The van der Waals surface area contributed by atoms with Gasteiger partial charge in [-0.1, -0.05) is 12.1 Å². The molecule has 0 N–H and O–H groups in total. The zero-order valence-electron chi connectivity index (χ0n) is 30.4. The molecule has 2 saturated heterocycles. The molecule has 0 aromatic rings. The van der Waals surface area contributed by atoms with Crippen molar-refractivity contribution in [3.8, 4) is 0 Å². The lowest BCUT2D eigenvalue weighted by Crippen LogP contribution is -2.50. The summed E-state index contributed by atoms with van der Waals surface area (Å²) in [4.78, 5) is 5.06. The highest BCUT2D eigenvalue weighted by Crippen LogP contribution is 2.23. The second kappa shape index (κ2) is 24.5. The van der Waals surface area contributed by atoms with Gasteiger partial charge in [0, 0.05) is 55.7 Å². The number of hydrogen-bond donors (Lipinski definition) is 0. The summed E-state index contributed by atoms with van der Waals surface area (Å²) in [6, 6.07) is 4.39. The van der Waals surface area contributed by atoms with Crippen LogP contribution in [0.25, 0.3) is 0 Å². The first-order valence-electron chi connectivity index (χ1n) is 17.4. The third-order valence-corrected chi connectivity index (χ3v) is 19.2. The van der Waals surface area contributed by atoms with E-state index in [0.717, 1.165) is 77.0 Å². The molecule has 4 unspecified atom stereocenters. The van der Waals surface area contributed by atoms with Gasteiger partial charge in [-0.05, 0) is 77.0 Å². The quantitative estimate of drug-likeness (QED) is 0.0872. The molecular formula is C30H68N2O10Si4. The lowest BCUT2D eigenvalue weighted by molar-refractivity contribution is -0.0444. The standard InChI is InChI=1S/C30H68N2O10Si4/c1-33-29(34-2)43-19-9-13-31-15-11-21-45(7,37-5)41-27(23-31)25-39-17-18-40-26-28-24-32(14-10-20-44-30(35-3)36-4)16-12-22-46(8,38-6)42-28/h27-30H,9-26,43-44H2,1-8H3. The Kier molecular flexibility index (Phi) is 22.7. The maximum Gasteiger partial charge on any atom is 0.335 e. The number of nitrogens with zero attached hydrogens (tertiary/aromatic N) is 2. The molecule has 2 fully saturated rings. The van der Waals surface area contributed by atoms with E-state index in [2.05, 4.69) is 22.9 Å². The Morgan fingerprint density at radius 2 is 1.04 bits per heavy atom. The average Bonchev–Trinajstić information content (AvgIpc) is 3.04. The Bertz CT molecular complexity index is 704. The van der Waals surface area contributed by atoms with Gasteiger partial charge >= 0.3 is 17.1 Å². The molecule has 0 amide bonds. The second-order valence-electron chi connectivity index (χ2n) is 12.9. The molecule has 0 aromatic heterocycles. The molecule has 0 radical (unpaired) electrons. The predicted molar refractivity (Wildman–Crippen MR) is 192 cm³/mol. The summed E-state index contributed by atoms with van der Waals surface area (Å²) in [5, 5.41) is 0. The van der Waals surface area contributed by atoms with Gasteiger partial charge in [-0.25, -0.2) is 0 Å². The van der Waals surface area contributed by atoms with Crippen LogP contribution in [0.15, 0.2) is 0 Å². The molecule has 0 spiro atoms. The minimum Gasteiger partial charge on any atom is -0.398 e.